The van der Waals surface area contributed by atoms with Crippen molar-refractivity contribution >= 4 is 5.91 Å². The first-order chi connectivity index (χ1) is 9.46. The van der Waals surface area contributed by atoms with E-state index in [1.165, 1.54) is 19.3 Å². The monoisotopic (exact) mass is 279 g/mol. The lowest BCUT2D eigenvalue weighted by atomic mass is 9.76. The van der Waals surface area contributed by atoms with Gasteiger partial charge in [-0.05, 0) is 32.6 Å². The van der Waals surface area contributed by atoms with E-state index >= 15 is 0 Å². The zero-order valence-electron chi connectivity index (χ0n) is 12.6. The molecule has 0 spiro atoms. The zero-order valence-corrected chi connectivity index (χ0v) is 12.6. The average Bonchev–Trinajstić information content (AvgIpc) is 2.78. The Hall–Kier alpha value is -1.36. The van der Waals surface area contributed by atoms with Crippen LogP contribution in [0.15, 0.2) is 6.20 Å². The van der Waals surface area contributed by atoms with Gasteiger partial charge >= 0.3 is 0 Å². The SMILES string of the molecule is Cc1nn(C)cc1C(=O)NC(C)(CO)C1CCCCC1. The van der Waals surface area contributed by atoms with Gasteiger partial charge in [0.05, 0.1) is 23.4 Å². The molecular weight excluding hydrogens is 254 g/mol. The molecule has 2 rings (SSSR count). The Kier molecular flexibility index (Phi) is 4.48. The summed E-state index contributed by atoms with van der Waals surface area (Å²) in [5.74, 6) is 0.208. The van der Waals surface area contributed by atoms with E-state index in [4.69, 9.17) is 0 Å². The highest BCUT2D eigenvalue weighted by molar-refractivity contribution is 5.95. The first kappa shape index (κ1) is 15.0. The number of carbonyl (C=O) groups is 1. The fourth-order valence-corrected chi connectivity index (χ4v) is 3.16. The number of aryl methyl sites for hydroxylation is 2. The topological polar surface area (TPSA) is 67.2 Å². The van der Waals surface area contributed by atoms with Crippen molar-refractivity contribution < 1.29 is 9.90 Å². The van der Waals surface area contributed by atoms with Gasteiger partial charge in [-0.15, -0.1) is 0 Å². The minimum Gasteiger partial charge on any atom is -0.394 e. The van der Waals surface area contributed by atoms with Crippen molar-refractivity contribution in [1.82, 2.24) is 15.1 Å². The number of aromatic nitrogens is 2. The molecule has 1 aliphatic rings. The molecule has 0 bridgehead atoms. The summed E-state index contributed by atoms with van der Waals surface area (Å²) < 4.78 is 1.64. The highest BCUT2D eigenvalue weighted by Gasteiger charge is 2.36. The van der Waals surface area contributed by atoms with Crippen LogP contribution < -0.4 is 5.32 Å². The van der Waals surface area contributed by atoms with E-state index in [-0.39, 0.29) is 12.5 Å². The standard InChI is InChI=1S/C15H25N3O2/c1-11-13(9-18(3)17-11)14(20)16-15(2,10-19)12-7-5-4-6-8-12/h9,12,19H,4-8,10H2,1-3H3,(H,16,20). The lowest BCUT2D eigenvalue weighted by Gasteiger charge is -2.39. The van der Waals surface area contributed by atoms with Crippen LogP contribution in [-0.4, -0.2) is 32.9 Å². The Morgan fingerprint density at radius 1 is 1.50 bits per heavy atom. The molecule has 5 nitrogen and oxygen atoms in total. The third kappa shape index (κ3) is 3.03. The van der Waals surface area contributed by atoms with E-state index < -0.39 is 5.54 Å². The molecular formula is C15H25N3O2. The second kappa shape index (κ2) is 5.95. The molecule has 1 aliphatic carbocycles. The van der Waals surface area contributed by atoms with Crippen molar-refractivity contribution in [1.29, 1.82) is 0 Å². The number of aliphatic hydroxyl groups is 1. The van der Waals surface area contributed by atoms with Crippen LogP contribution in [0.3, 0.4) is 0 Å². The molecule has 1 atom stereocenters. The van der Waals surface area contributed by atoms with Crippen LogP contribution in [0.1, 0.15) is 55.1 Å². The predicted octanol–water partition coefficient (Wildman–Crippen LogP) is 1.79. The quantitative estimate of drug-likeness (QED) is 0.883. The molecule has 5 heteroatoms. The fraction of sp³-hybridized carbons (Fsp3) is 0.733. The van der Waals surface area contributed by atoms with Gasteiger partial charge in [0.15, 0.2) is 0 Å². The van der Waals surface area contributed by atoms with E-state index in [9.17, 15) is 9.90 Å². The van der Waals surface area contributed by atoms with Gasteiger partial charge in [0.1, 0.15) is 0 Å². The molecule has 1 amide bonds. The minimum atomic E-state index is -0.542. The Morgan fingerprint density at radius 3 is 2.65 bits per heavy atom. The predicted molar refractivity (Wildman–Crippen MR) is 77.5 cm³/mol. The van der Waals surface area contributed by atoms with Gasteiger partial charge in [-0.25, -0.2) is 0 Å². The smallest absolute Gasteiger partial charge is 0.255 e. The molecule has 112 valence electrons. The number of amides is 1. The van der Waals surface area contributed by atoms with Gasteiger partial charge in [-0.1, -0.05) is 19.3 Å². The van der Waals surface area contributed by atoms with Crippen molar-refractivity contribution in [2.24, 2.45) is 13.0 Å². The Balaban J connectivity index is 2.12. The fourth-order valence-electron chi connectivity index (χ4n) is 3.16. The van der Waals surface area contributed by atoms with E-state index in [2.05, 4.69) is 10.4 Å². The van der Waals surface area contributed by atoms with Crippen LogP contribution in [-0.2, 0) is 7.05 Å². The maximum atomic E-state index is 12.4. The maximum Gasteiger partial charge on any atom is 0.255 e. The molecule has 2 N–H and O–H groups in total. The number of carbonyl (C=O) groups excluding carboxylic acids is 1. The average molecular weight is 279 g/mol. The molecule has 1 unspecified atom stereocenters. The first-order valence-electron chi connectivity index (χ1n) is 7.40. The second-order valence-corrected chi connectivity index (χ2v) is 6.17. The molecule has 1 heterocycles. The Bertz CT molecular complexity index is 477. The minimum absolute atomic E-state index is 0.0251. The summed E-state index contributed by atoms with van der Waals surface area (Å²) in [4.78, 5) is 12.4. The molecule has 0 aliphatic heterocycles. The molecule has 1 saturated carbocycles. The molecule has 0 saturated heterocycles. The number of aliphatic hydroxyl groups excluding tert-OH is 1. The van der Waals surface area contributed by atoms with Crippen molar-refractivity contribution in [2.45, 2.75) is 51.5 Å². The Morgan fingerprint density at radius 2 is 2.15 bits per heavy atom. The second-order valence-electron chi connectivity index (χ2n) is 6.17. The summed E-state index contributed by atoms with van der Waals surface area (Å²) >= 11 is 0. The van der Waals surface area contributed by atoms with Crippen LogP contribution in [0.2, 0.25) is 0 Å². The normalized spacial score (nSPS) is 19.6. The lowest BCUT2D eigenvalue weighted by Crippen LogP contribution is -2.54. The third-order valence-electron chi connectivity index (χ3n) is 4.49. The van der Waals surface area contributed by atoms with E-state index in [0.29, 0.717) is 17.2 Å². The number of hydrogen-bond acceptors (Lipinski definition) is 3. The molecule has 0 aromatic carbocycles. The van der Waals surface area contributed by atoms with E-state index in [0.717, 1.165) is 12.8 Å². The Labute approximate surface area is 120 Å². The van der Waals surface area contributed by atoms with Gasteiger partial charge in [-0.3, -0.25) is 9.48 Å². The molecule has 0 radical (unpaired) electrons. The molecule has 20 heavy (non-hydrogen) atoms. The highest BCUT2D eigenvalue weighted by atomic mass is 16.3. The largest absolute Gasteiger partial charge is 0.394 e. The van der Waals surface area contributed by atoms with Gasteiger partial charge in [-0.2, -0.15) is 5.10 Å². The van der Waals surface area contributed by atoms with Crippen LogP contribution in [0, 0.1) is 12.8 Å². The third-order valence-corrected chi connectivity index (χ3v) is 4.49. The number of nitrogens with zero attached hydrogens (tertiary/aromatic N) is 2. The summed E-state index contributed by atoms with van der Waals surface area (Å²) in [5, 5.41) is 17.0. The molecule has 1 aromatic heterocycles. The van der Waals surface area contributed by atoms with Crippen molar-refractivity contribution in [3.8, 4) is 0 Å². The summed E-state index contributed by atoms with van der Waals surface area (Å²) in [6.07, 6.45) is 7.49. The van der Waals surface area contributed by atoms with Crippen LogP contribution in [0.25, 0.3) is 0 Å². The summed E-state index contributed by atoms with van der Waals surface area (Å²) in [7, 11) is 1.80. The molecule has 1 aromatic rings. The van der Waals surface area contributed by atoms with Gasteiger partial charge < -0.3 is 10.4 Å². The van der Waals surface area contributed by atoms with Crippen LogP contribution in [0.4, 0.5) is 0 Å². The summed E-state index contributed by atoms with van der Waals surface area (Å²) in [5.41, 5.74) is 0.761. The van der Waals surface area contributed by atoms with Crippen molar-refractivity contribution in [3.05, 3.63) is 17.5 Å². The molecule has 1 fully saturated rings. The van der Waals surface area contributed by atoms with Crippen molar-refractivity contribution in [3.63, 3.8) is 0 Å². The van der Waals surface area contributed by atoms with Crippen LogP contribution in [0.5, 0.6) is 0 Å². The number of rotatable bonds is 4. The summed E-state index contributed by atoms with van der Waals surface area (Å²) in [6.45, 7) is 3.75. The van der Waals surface area contributed by atoms with Gasteiger partial charge in [0.2, 0.25) is 0 Å². The highest BCUT2D eigenvalue weighted by Crippen LogP contribution is 2.32. The van der Waals surface area contributed by atoms with Crippen molar-refractivity contribution in [2.75, 3.05) is 6.61 Å². The number of hydrogen-bond donors (Lipinski definition) is 2. The van der Waals surface area contributed by atoms with E-state index in [1.54, 1.807) is 17.9 Å². The van der Waals surface area contributed by atoms with Gasteiger partial charge in [0.25, 0.3) is 5.91 Å². The lowest BCUT2D eigenvalue weighted by molar-refractivity contribution is 0.0679. The zero-order chi connectivity index (χ0) is 14.8. The summed E-state index contributed by atoms with van der Waals surface area (Å²) in [6, 6.07) is 0. The first-order valence-corrected chi connectivity index (χ1v) is 7.40. The van der Waals surface area contributed by atoms with E-state index in [1.807, 2.05) is 13.8 Å². The van der Waals surface area contributed by atoms with Crippen LogP contribution >= 0.6 is 0 Å². The maximum absolute atomic E-state index is 12.4. The van der Waals surface area contributed by atoms with Gasteiger partial charge in [0, 0.05) is 13.2 Å². The number of nitrogens with one attached hydrogen (secondary N) is 1.